The van der Waals surface area contributed by atoms with Crippen molar-refractivity contribution in [1.82, 2.24) is 10.6 Å². The Kier molecular flexibility index (Phi) is 9.21. The zero-order chi connectivity index (χ0) is 15.8. The van der Waals surface area contributed by atoms with Crippen LogP contribution in [0.15, 0.2) is 18.2 Å². The summed E-state index contributed by atoms with van der Waals surface area (Å²) in [4.78, 5) is 12.0. The summed E-state index contributed by atoms with van der Waals surface area (Å²) in [6, 6.07) is 6.01. The van der Waals surface area contributed by atoms with Crippen LogP contribution in [0.1, 0.15) is 18.9 Å². The van der Waals surface area contributed by atoms with Crippen molar-refractivity contribution in [3.05, 3.63) is 23.8 Å². The van der Waals surface area contributed by atoms with Gasteiger partial charge in [0.15, 0.2) is 11.5 Å². The first-order valence-corrected chi connectivity index (χ1v) is 8.76. The normalized spacial score (nSPS) is 17.0. The van der Waals surface area contributed by atoms with Crippen molar-refractivity contribution >= 4 is 30.1 Å². The van der Waals surface area contributed by atoms with Gasteiger partial charge in [0.25, 0.3) is 0 Å². The van der Waals surface area contributed by atoms with Gasteiger partial charge in [0.05, 0.1) is 13.7 Å². The number of hydrogen-bond donors (Lipinski definition) is 2. The third kappa shape index (κ3) is 6.49. The Morgan fingerprint density at radius 2 is 2.26 bits per heavy atom. The molecule has 7 heteroatoms. The Morgan fingerprint density at radius 1 is 1.43 bits per heavy atom. The van der Waals surface area contributed by atoms with E-state index in [9.17, 15) is 4.79 Å². The first kappa shape index (κ1) is 19.9. The van der Waals surface area contributed by atoms with Crippen LogP contribution in [0.25, 0.3) is 0 Å². The molecule has 1 atom stereocenters. The summed E-state index contributed by atoms with van der Waals surface area (Å²) >= 11 is 1.90. The van der Waals surface area contributed by atoms with Crippen molar-refractivity contribution in [2.75, 3.05) is 31.8 Å². The topological polar surface area (TPSA) is 59.6 Å². The number of benzene rings is 1. The summed E-state index contributed by atoms with van der Waals surface area (Å²) < 4.78 is 10.8. The second-order valence-electron chi connectivity index (χ2n) is 5.13. The summed E-state index contributed by atoms with van der Waals surface area (Å²) in [6.45, 7) is 4.00. The molecule has 1 fully saturated rings. The van der Waals surface area contributed by atoms with Gasteiger partial charge in [-0.2, -0.15) is 11.8 Å². The zero-order valence-electron chi connectivity index (χ0n) is 13.6. The first-order chi connectivity index (χ1) is 10.7. The highest BCUT2D eigenvalue weighted by Gasteiger charge is 2.16. The highest BCUT2D eigenvalue weighted by Crippen LogP contribution is 2.27. The van der Waals surface area contributed by atoms with E-state index in [2.05, 4.69) is 10.6 Å². The highest BCUT2D eigenvalue weighted by atomic mass is 35.5. The number of carbonyl (C=O) groups is 1. The van der Waals surface area contributed by atoms with E-state index in [4.69, 9.17) is 9.47 Å². The van der Waals surface area contributed by atoms with Crippen molar-refractivity contribution < 1.29 is 14.3 Å². The van der Waals surface area contributed by atoms with Crippen LogP contribution in [0.4, 0.5) is 0 Å². The maximum Gasteiger partial charge on any atom is 0.221 e. The van der Waals surface area contributed by atoms with Gasteiger partial charge in [0, 0.05) is 37.1 Å². The Bertz CT molecular complexity index is 496. The fraction of sp³-hybridized carbons (Fsp3) is 0.562. The smallest absolute Gasteiger partial charge is 0.221 e. The molecule has 0 aromatic heterocycles. The minimum Gasteiger partial charge on any atom is -0.493 e. The SMILES string of the molecule is CCOc1cc(CNC(=O)CC2CSCCN2)ccc1OC.Cl. The fourth-order valence-electron chi connectivity index (χ4n) is 2.35. The Balaban J connectivity index is 0.00000264. The molecule has 1 saturated heterocycles. The molecule has 1 aliphatic heterocycles. The second-order valence-corrected chi connectivity index (χ2v) is 6.27. The summed E-state index contributed by atoms with van der Waals surface area (Å²) in [7, 11) is 1.62. The van der Waals surface area contributed by atoms with E-state index in [1.165, 1.54) is 0 Å². The van der Waals surface area contributed by atoms with Crippen LogP contribution >= 0.6 is 24.2 Å². The molecule has 23 heavy (non-hydrogen) atoms. The first-order valence-electron chi connectivity index (χ1n) is 7.60. The summed E-state index contributed by atoms with van der Waals surface area (Å²) in [5, 5.41) is 6.34. The predicted molar refractivity (Wildman–Crippen MR) is 97.0 cm³/mol. The van der Waals surface area contributed by atoms with Crippen LogP contribution < -0.4 is 20.1 Å². The van der Waals surface area contributed by atoms with Crippen LogP contribution in [-0.2, 0) is 11.3 Å². The molecular formula is C16H25ClN2O3S. The van der Waals surface area contributed by atoms with Gasteiger partial charge in [-0.25, -0.2) is 0 Å². The molecule has 1 aromatic carbocycles. The largest absolute Gasteiger partial charge is 0.493 e. The molecule has 5 nitrogen and oxygen atoms in total. The molecule has 1 unspecified atom stereocenters. The number of rotatable bonds is 7. The van der Waals surface area contributed by atoms with Crippen LogP contribution in [0.3, 0.4) is 0 Å². The minimum absolute atomic E-state index is 0. The lowest BCUT2D eigenvalue weighted by atomic mass is 10.2. The van der Waals surface area contributed by atoms with Gasteiger partial charge >= 0.3 is 0 Å². The lowest BCUT2D eigenvalue weighted by molar-refractivity contribution is -0.121. The number of hydrogen-bond acceptors (Lipinski definition) is 5. The number of carbonyl (C=O) groups excluding carboxylic acids is 1. The second kappa shape index (κ2) is 10.6. The van der Waals surface area contributed by atoms with Crippen molar-refractivity contribution in [1.29, 1.82) is 0 Å². The van der Waals surface area contributed by atoms with E-state index >= 15 is 0 Å². The number of thioether (sulfide) groups is 1. The van der Waals surface area contributed by atoms with Gasteiger partial charge in [0.2, 0.25) is 5.91 Å². The monoisotopic (exact) mass is 360 g/mol. The van der Waals surface area contributed by atoms with Crippen LogP contribution in [0.5, 0.6) is 11.5 Å². The van der Waals surface area contributed by atoms with Gasteiger partial charge in [-0.3, -0.25) is 4.79 Å². The predicted octanol–water partition coefficient (Wildman–Crippen LogP) is 2.23. The van der Waals surface area contributed by atoms with Gasteiger partial charge in [-0.15, -0.1) is 12.4 Å². The lowest BCUT2D eigenvalue weighted by Gasteiger charge is -2.22. The van der Waals surface area contributed by atoms with Crippen molar-refractivity contribution in [2.45, 2.75) is 25.9 Å². The van der Waals surface area contributed by atoms with E-state index in [0.29, 0.717) is 31.1 Å². The Labute approximate surface area is 148 Å². The lowest BCUT2D eigenvalue weighted by Crippen LogP contribution is -2.41. The van der Waals surface area contributed by atoms with Crippen molar-refractivity contribution in [3.63, 3.8) is 0 Å². The maximum absolute atomic E-state index is 12.0. The average molecular weight is 361 g/mol. The number of ether oxygens (including phenoxy) is 2. The van der Waals surface area contributed by atoms with Crippen molar-refractivity contribution in [3.8, 4) is 11.5 Å². The standard InChI is InChI=1S/C16H24N2O3S.ClH/c1-3-21-15-8-12(4-5-14(15)20-2)10-18-16(19)9-13-11-22-7-6-17-13;/h4-5,8,13,17H,3,6-7,9-11H2,1-2H3,(H,18,19);1H. The molecule has 0 saturated carbocycles. The summed E-state index contributed by atoms with van der Waals surface area (Å²) in [5.74, 6) is 3.63. The molecule has 2 rings (SSSR count). The van der Waals surface area contributed by atoms with Crippen LogP contribution in [0.2, 0.25) is 0 Å². The van der Waals surface area contributed by atoms with E-state index in [0.717, 1.165) is 23.6 Å². The number of amides is 1. The Morgan fingerprint density at radius 3 is 2.91 bits per heavy atom. The van der Waals surface area contributed by atoms with E-state index in [1.54, 1.807) is 7.11 Å². The fourth-order valence-corrected chi connectivity index (χ4v) is 3.30. The molecule has 0 bridgehead atoms. The number of methoxy groups -OCH3 is 1. The van der Waals surface area contributed by atoms with Crippen LogP contribution in [0, 0.1) is 0 Å². The van der Waals surface area contributed by atoms with Crippen molar-refractivity contribution in [2.24, 2.45) is 0 Å². The van der Waals surface area contributed by atoms with E-state index < -0.39 is 0 Å². The molecule has 1 aromatic rings. The zero-order valence-corrected chi connectivity index (χ0v) is 15.2. The maximum atomic E-state index is 12.0. The van der Waals surface area contributed by atoms with Gasteiger partial charge in [-0.1, -0.05) is 6.07 Å². The number of nitrogens with one attached hydrogen (secondary N) is 2. The summed E-state index contributed by atoms with van der Waals surface area (Å²) in [5.41, 5.74) is 1.00. The molecular weight excluding hydrogens is 336 g/mol. The van der Waals surface area contributed by atoms with Crippen LogP contribution in [-0.4, -0.2) is 43.7 Å². The molecule has 0 aliphatic carbocycles. The molecule has 1 heterocycles. The van der Waals surface area contributed by atoms with E-state index in [-0.39, 0.29) is 24.4 Å². The molecule has 1 amide bonds. The third-order valence-electron chi connectivity index (χ3n) is 3.45. The molecule has 0 radical (unpaired) electrons. The third-order valence-corrected chi connectivity index (χ3v) is 4.58. The summed E-state index contributed by atoms with van der Waals surface area (Å²) in [6.07, 6.45) is 0.529. The van der Waals surface area contributed by atoms with Gasteiger partial charge in [0.1, 0.15) is 0 Å². The number of halogens is 1. The minimum atomic E-state index is 0. The molecule has 1 aliphatic rings. The Hall–Kier alpha value is -1.11. The quantitative estimate of drug-likeness (QED) is 0.780. The highest BCUT2D eigenvalue weighted by molar-refractivity contribution is 7.99. The van der Waals surface area contributed by atoms with Gasteiger partial charge in [-0.05, 0) is 24.6 Å². The molecule has 2 N–H and O–H groups in total. The average Bonchev–Trinajstić information content (AvgIpc) is 2.54. The van der Waals surface area contributed by atoms with Gasteiger partial charge < -0.3 is 20.1 Å². The molecule has 130 valence electrons. The molecule has 0 spiro atoms. The van der Waals surface area contributed by atoms with E-state index in [1.807, 2.05) is 36.9 Å².